The van der Waals surface area contributed by atoms with E-state index in [2.05, 4.69) is 10.6 Å². The molecule has 1 aromatic rings. The first kappa shape index (κ1) is 14.2. The molecule has 1 saturated carbocycles. The van der Waals surface area contributed by atoms with Gasteiger partial charge in [0.2, 0.25) is 0 Å². The third kappa shape index (κ3) is 4.43. The molecule has 2 rings (SSSR count). The Morgan fingerprint density at radius 1 is 1.21 bits per heavy atom. The Kier molecular flexibility index (Phi) is 5.08. The molecule has 0 aliphatic heterocycles. The topological polar surface area (TPSA) is 41.1 Å². The molecule has 1 aliphatic carbocycles. The lowest BCUT2D eigenvalue weighted by molar-refractivity contribution is 0.247. The third-order valence-electron chi connectivity index (χ3n) is 3.63. The number of carbonyl (C=O) groups excluding carboxylic acids is 1. The van der Waals surface area contributed by atoms with Gasteiger partial charge in [-0.05, 0) is 43.5 Å². The van der Waals surface area contributed by atoms with Crippen molar-refractivity contribution in [2.45, 2.75) is 51.5 Å². The van der Waals surface area contributed by atoms with Gasteiger partial charge in [0.1, 0.15) is 0 Å². The van der Waals surface area contributed by atoms with E-state index in [1.165, 1.54) is 25.7 Å². The van der Waals surface area contributed by atoms with Gasteiger partial charge in [-0.25, -0.2) is 4.79 Å². The van der Waals surface area contributed by atoms with E-state index in [9.17, 15) is 4.79 Å². The van der Waals surface area contributed by atoms with Crippen molar-refractivity contribution >= 4 is 23.3 Å². The molecular formula is C15H21ClN2O. The molecule has 1 fully saturated rings. The van der Waals surface area contributed by atoms with Crippen molar-refractivity contribution < 1.29 is 4.79 Å². The number of benzene rings is 1. The van der Waals surface area contributed by atoms with Gasteiger partial charge >= 0.3 is 6.03 Å². The molecule has 0 spiro atoms. The summed E-state index contributed by atoms with van der Waals surface area (Å²) in [6, 6.07) is 5.68. The summed E-state index contributed by atoms with van der Waals surface area (Å²) >= 11 is 5.90. The largest absolute Gasteiger partial charge is 0.335 e. The number of amides is 2. The Labute approximate surface area is 119 Å². The van der Waals surface area contributed by atoms with Crippen LogP contribution in [0.15, 0.2) is 18.2 Å². The molecule has 0 aromatic heterocycles. The number of halogens is 1. The van der Waals surface area contributed by atoms with Crippen molar-refractivity contribution in [3.63, 3.8) is 0 Å². The van der Waals surface area contributed by atoms with Crippen LogP contribution in [0.4, 0.5) is 10.5 Å². The number of urea groups is 1. The number of hydrogen-bond acceptors (Lipinski definition) is 1. The summed E-state index contributed by atoms with van der Waals surface area (Å²) in [5.74, 6) is 0. The quantitative estimate of drug-likeness (QED) is 0.770. The number of aryl methyl sites for hydroxylation is 1. The van der Waals surface area contributed by atoms with Crippen molar-refractivity contribution in [1.29, 1.82) is 0 Å². The highest BCUT2D eigenvalue weighted by Gasteiger charge is 2.14. The molecule has 1 aliphatic rings. The lowest BCUT2D eigenvalue weighted by Crippen LogP contribution is -2.37. The van der Waals surface area contributed by atoms with Crippen LogP contribution in [0.5, 0.6) is 0 Å². The molecule has 0 radical (unpaired) electrons. The van der Waals surface area contributed by atoms with Crippen molar-refractivity contribution in [2.75, 3.05) is 5.32 Å². The summed E-state index contributed by atoms with van der Waals surface area (Å²) in [6.07, 6.45) is 7.18. The third-order valence-corrected chi connectivity index (χ3v) is 3.86. The van der Waals surface area contributed by atoms with Gasteiger partial charge in [-0.1, -0.05) is 37.3 Å². The SMILES string of the molecule is Cc1cc(Cl)ccc1NC(=O)NC1CCCCCC1. The standard InChI is InChI=1S/C15H21ClN2O/c1-11-10-12(16)8-9-14(11)18-15(19)17-13-6-4-2-3-5-7-13/h8-10,13H,2-7H2,1H3,(H2,17,18,19). The predicted octanol–water partition coefficient (Wildman–Crippen LogP) is 4.49. The molecule has 104 valence electrons. The smallest absolute Gasteiger partial charge is 0.319 e. The van der Waals surface area contributed by atoms with Gasteiger partial charge in [-0.3, -0.25) is 0 Å². The van der Waals surface area contributed by atoms with Crippen LogP contribution in [0.3, 0.4) is 0 Å². The summed E-state index contributed by atoms with van der Waals surface area (Å²) < 4.78 is 0. The van der Waals surface area contributed by atoms with Crippen molar-refractivity contribution in [1.82, 2.24) is 5.32 Å². The number of nitrogens with one attached hydrogen (secondary N) is 2. The van der Waals surface area contributed by atoms with E-state index in [0.29, 0.717) is 11.1 Å². The van der Waals surface area contributed by atoms with Crippen LogP contribution < -0.4 is 10.6 Å². The van der Waals surface area contributed by atoms with E-state index in [1.807, 2.05) is 19.1 Å². The van der Waals surface area contributed by atoms with Gasteiger partial charge in [0.05, 0.1) is 0 Å². The molecular weight excluding hydrogens is 260 g/mol. The second-order valence-electron chi connectivity index (χ2n) is 5.25. The van der Waals surface area contributed by atoms with Crippen molar-refractivity contribution in [3.05, 3.63) is 28.8 Å². The average molecular weight is 281 g/mol. The monoisotopic (exact) mass is 280 g/mol. The molecule has 0 atom stereocenters. The van der Waals surface area contributed by atoms with Gasteiger partial charge in [0.25, 0.3) is 0 Å². The van der Waals surface area contributed by atoms with Gasteiger partial charge in [-0.15, -0.1) is 0 Å². The molecule has 0 heterocycles. The molecule has 2 N–H and O–H groups in total. The molecule has 3 nitrogen and oxygen atoms in total. The van der Waals surface area contributed by atoms with Crippen molar-refractivity contribution in [3.8, 4) is 0 Å². The molecule has 0 unspecified atom stereocenters. The van der Waals surface area contributed by atoms with Gasteiger partial charge < -0.3 is 10.6 Å². The minimum Gasteiger partial charge on any atom is -0.335 e. The zero-order valence-corrected chi connectivity index (χ0v) is 12.1. The maximum absolute atomic E-state index is 12.0. The van der Waals surface area contributed by atoms with Crippen LogP contribution in [-0.4, -0.2) is 12.1 Å². The normalized spacial score (nSPS) is 16.7. The van der Waals surface area contributed by atoms with E-state index in [4.69, 9.17) is 11.6 Å². The van der Waals surface area contributed by atoms with Gasteiger partial charge in [-0.2, -0.15) is 0 Å². The number of carbonyl (C=O) groups is 1. The molecule has 2 amide bonds. The van der Waals surface area contributed by atoms with Crippen molar-refractivity contribution in [2.24, 2.45) is 0 Å². The highest BCUT2D eigenvalue weighted by Crippen LogP contribution is 2.20. The predicted molar refractivity (Wildman–Crippen MR) is 79.8 cm³/mol. The second kappa shape index (κ2) is 6.80. The lowest BCUT2D eigenvalue weighted by atomic mass is 10.1. The maximum Gasteiger partial charge on any atom is 0.319 e. The van der Waals surface area contributed by atoms with Crippen LogP contribution in [-0.2, 0) is 0 Å². The number of rotatable bonds is 2. The first-order valence-corrected chi connectivity index (χ1v) is 7.36. The molecule has 0 saturated heterocycles. The van der Waals surface area contributed by atoms with Crippen LogP contribution >= 0.6 is 11.6 Å². The van der Waals surface area contributed by atoms with Crippen LogP contribution in [0.1, 0.15) is 44.1 Å². The summed E-state index contributed by atoms with van der Waals surface area (Å²) in [7, 11) is 0. The van der Waals surface area contributed by atoms with Gasteiger partial charge in [0.15, 0.2) is 0 Å². The van der Waals surface area contributed by atoms with Gasteiger partial charge in [0, 0.05) is 16.8 Å². The van der Waals surface area contributed by atoms with Crippen LogP contribution in [0.25, 0.3) is 0 Å². The van der Waals surface area contributed by atoms with E-state index in [-0.39, 0.29) is 6.03 Å². The maximum atomic E-state index is 12.0. The van der Waals surface area contributed by atoms with E-state index in [0.717, 1.165) is 24.1 Å². The summed E-state index contributed by atoms with van der Waals surface area (Å²) in [6.45, 7) is 1.94. The Bertz CT molecular complexity index is 440. The Hall–Kier alpha value is -1.22. The minimum absolute atomic E-state index is 0.114. The second-order valence-corrected chi connectivity index (χ2v) is 5.68. The Morgan fingerprint density at radius 3 is 2.53 bits per heavy atom. The Balaban J connectivity index is 1.89. The summed E-state index contributed by atoms with van der Waals surface area (Å²) in [5.41, 5.74) is 1.79. The average Bonchev–Trinajstić information content (AvgIpc) is 2.61. The summed E-state index contributed by atoms with van der Waals surface area (Å²) in [4.78, 5) is 12.0. The van der Waals surface area contributed by atoms with Crippen LogP contribution in [0.2, 0.25) is 5.02 Å². The number of hydrogen-bond donors (Lipinski definition) is 2. The lowest BCUT2D eigenvalue weighted by Gasteiger charge is -2.17. The van der Waals surface area contributed by atoms with E-state index >= 15 is 0 Å². The molecule has 19 heavy (non-hydrogen) atoms. The fraction of sp³-hybridized carbons (Fsp3) is 0.533. The van der Waals surface area contributed by atoms with E-state index < -0.39 is 0 Å². The first-order valence-electron chi connectivity index (χ1n) is 6.99. The first-order chi connectivity index (χ1) is 9.15. The summed E-state index contributed by atoms with van der Waals surface area (Å²) in [5, 5.41) is 6.65. The van der Waals surface area contributed by atoms with Crippen LogP contribution in [0, 0.1) is 6.92 Å². The highest BCUT2D eigenvalue weighted by atomic mass is 35.5. The molecule has 0 bridgehead atoms. The fourth-order valence-electron chi connectivity index (χ4n) is 2.53. The molecule has 4 heteroatoms. The fourth-order valence-corrected chi connectivity index (χ4v) is 2.76. The Morgan fingerprint density at radius 2 is 1.89 bits per heavy atom. The molecule has 1 aromatic carbocycles. The zero-order valence-electron chi connectivity index (χ0n) is 11.3. The zero-order chi connectivity index (χ0) is 13.7. The van der Waals surface area contributed by atoms with E-state index in [1.54, 1.807) is 6.07 Å². The highest BCUT2D eigenvalue weighted by molar-refractivity contribution is 6.30. The number of anilines is 1. The minimum atomic E-state index is -0.114.